The van der Waals surface area contributed by atoms with Gasteiger partial charge in [-0.3, -0.25) is 4.79 Å². The number of urea groups is 1. The number of hydrogen-bond acceptors (Lipinski definition) is 4. The second-order valence-electron chi connectivity index (χ2n) is 5.60. The molecule has 0 saturated heterocycles. The molecule has 0 aliphatic carbocycles. The first kappa shape index (κ1) is 21.6. The summed E-state index contributed by atoms with van der Waals surface area (Å²) in [6.07, 6.45) is -5.26. The Kier molecular flexibility index (Phi) is 8.17. The van der Waals surface area contributed by atoms with Crippen molar-refractivity contribution in [3.8, 4) is 5.75 Å². The Hall–Kier alpha value is -2.49. The number of carboxylic acid groups (broad SMARTS) is 1. The largest absolute Gasteiger partial charge is 0.491 e. The number of ether oxygens (including phenoxy) is 1. The molecule has 26 heavy (non-hydrogen) atoms. The lowest BCUT2D eigenvalue weighted by Gasteiger charge is -2.21. The van der Waals surface area contributed by atoms with Crippen molar-refractivity contribution < 1.29 is 37.7 Å². The number of rotatable bonds is 9. The number of aliphatic hydroxyl groups excluding tert-OH is 1. The molecule has 1 atom stereocenters. The molecule has 0 heterocycles. The third-order valence-corrected chi connectivity index (χ3v) is 3.30. The van der Waals surface area contributed by atoms with E-state index < -0.39 is 29.8 Å². The quantitative estimate of drug-likeness (QED) is 0.571. The van der Waals surface area contributed by atoms with Crippen molar-refractivity contribution in [3.63, 3.8) is 0 Å². The van der Waals surface area contributed by atoms with Gasteiger partial charge in [-0.15, -0.1) is 0 Å². The van der Waals surface area contributed by atoms with Crippen LogP contribution >= 0.6 is 0 Å². The maximum atomic E-state index is 12.5. The third kappa shape index (κ3) is 8.06. The summed E-state index contributed by atoms with van der Waals surface area (Å²) in [6.45, 7) is -0.0823. The number of amides is 2. The number of aliphatic hydroxyl groups is 1. The monoisotopic (exact) mass is 378 g/mol. The van der Waals surface area contributed by atoms with Crippen LogP contribution in [-0.4, -0.2) is 60.0 Å². The number of aliphatic carboxylic acids is 1. The van der Waals surface area contributed by atoms with E-state index in [1.165, 1.54) is 11.9 Å². The summed E-state index contributed by atoms with van der Waals surface area (Å²) < 4.78 is 42.6. The first-order chi connectivity index (χ1) is 12.1. The maximum Gasteiger partial charge on any atom is 0.416 e. The molecule has 0 radical (unpaired) electrons. The highest BCUT2D eigenvalue weighted by Gasteiger charge is 2.30. The molecule has 0 fully saturated rings. The summed E-state index contributed by atoms with van der Waals surface area (Å²) in [6, 6.07) is 3.56. The Labute approximate surface area is 148 Å². The number of carbonyl (C=O) groups is 2. The van der Waals surface area contributed by atoms with Gasteiger partial charge < -0.3 is 25.2 Å². The average molecular weight is 378 g/mol. The van der Waals surface area contributed by atoms with Gasteiger partial charge in [-0.2, -0.15) is 13.2 Å². The summed E-state index contributed by atoms with van der Waals surface area (Å²) >= 11 is 0. The van der Waals surface area contributed by atoms with Crippen LogP contribution in [0, 0.1) is 0 Å². The molecule has 0 aromatic heterocycles. The lowest BCUT2D eigenvalue weighted by Crippen LogP contribution is -2.43. The van der Waals surface area contributed by atoms with Crippen LogP contribution in [0.5, 0.6) is 5.75 Å². The fourth-order valence-electron chi connectivity index (χ4n) is 1.95. The van der Waals surface area contributed by atoms with E-state index in [-0.39, 0.29) is 38.3 Å². The van der Waals surface area contributed by atoms with E-state index in [0.717, 1.165) is 24.3 Å². The van der Waals surface area contributed by atoms with Gasteiger partial charge in [-0.25, -0.2) is 4.79 Å². The summed E-state index contributed by atoms with van der Waals surface area (Å²) in [5, 5.41) is 20.8. The highest BCUT2D eigenvalue weighted by atomic mass is 19.4. The van der Waals surface area contributed by atoms with Crippen LogP contribution in [0.2, 0.25) is 0 Å². The Morgan fingerprint density at radius 3 is 2.42 bits per heavy atom. The van der Waals surface area contributed by atoms with E-state index in [1.807, 2.05) is 0 Å². The van der Waals surface area contributed by atoms with Gasteiger partial charge in [-0.1, -0.05) is 0 Å². The smallest absolute Gasteiger partial charge is 0.416 e. The summed E-state index contributed by atoms with van der Waals surface area (Å²) in [5.74, 6) is -0.790. The minimum atomic E-state index is -4.43. The first-order valence-electron chi connectivity index (χ1n) is 7.78. The number of nitrogens with zero attached hydrogens (tertiary/aromatic N) is 1. The van der Waals surface area contributed by atoms with Crippen molar-refractivity contribution in [2.45, 2.75) is 25.1 Å². The van der Waals surface area contributed by atoms with Crippen molar-refractivity contribution >= 4 is 12.0 Å². The Morgan fingerprint density at radius 1 is 1.27 bits per heavy atom. The Balaban J connectivity index is 2.33. The Morgan fingerprint density at radius 2 is 1.88 bits per heavy atom. The van der Waals surface area contributed by atoms with Gasteiger partial charge in [0.25, 0.3) is 0 Å². The van der Waals surface area contributed by atoms with Gasteiger partial charge in [0, 0.05) is 20.0 Å². The normalized spacial score (nSPS) is 12.3. The molecule has 0 aliphatic rings. The van der Waals surface area contributed by atoms with E-state index in [0.29, 0.717) is 0 Å². The predicted molar refractivity (Wildman–Crippen MR) is 85.8 cm³/mol. The van der Waals surface area contributed by atoms with Crippen LogP contribution in [0.1, 0.15) is 18.4 Å². The maximum absolute atomic E-state index is 12.5. The zero-order chi connectivity index (χ0) is 19.7. The molecule has 3 N–H and O–H groups in total. The number of alkyl halides is 3. The van der Waals surface area contributed by atoms with Crippen LogP contribution in [0.3, 0.4) is 0 Å². The van der Waals surface area contributed by atoms with E-state index in [1.54, 1.807) is 0 Å². The lowest BCUT2D eigenvalue weighted by molar-refractivity contribution is -0.138. The van der Waals surface area contributed by atoms with Crippen molar-refractivity contribution in [1.29, 1.82) is 0 Å². The Bertz CT molecular complexity index is 593. The van der Waals surface area contributed by atoms with Crippen molar-refractivity contribution in [2.24, 2.45) is 0 Å². The molecular weight excluding hydrogens is 357 g/mol. The third-order valence-electron chi connectivity index (χ3n) is 3.30. The van der Waals surface area contributed by atoms with Crippen molar-refractivity contribution in [2.75, 3.05) is 26.7 Å². The van der Waals surface area contributed by atoms with Gasteiger partial charge in [-0.05, 0) is 30.7 Å². The van der Waals surface area contributed by atoms with Gasteiger partial charge in [0.1, 0.15) is 18.5 Å². The van der Waals surface area contributed by atoms with Gasteiger partial charge in [0.15, 0.2) is 0 Å². The molecule has 1 aromatic carbocycles. The number of carboxylic acids is 1. The fraction of sp³-hybridized carbons (Fsp3) is 0.500. The van der Waals surface area contributed by atoms with Crippen molar-refractivity contribution in [1.82, 2.24) is 10.2 Å². The van der Waals surface area contributed by atoms with Crippen LogP contribution in [0.4, 0.5) is 18.0 Å². The predicted octanol–water partition coefficient (Wildman–Crippen LogP) is 1.95. The molecule has 0 bridgehead atoms. The molecule has 146 valence electrons. The molecule has 1 aromatic rings. The zero-order valence-electron chi connectivity index (χ0n) is 14.1. The van der Waals surface area contributed by atoms with Crippen LogP contribution < -0.4 is 10.1 Å². The van der Waals surface area contributed by atoms with E-state index in [9.17, 15) is 27.9 Å². The fourth-order valence-corrected chi connectivity index (χ4v) is 1.95. The zero-order valence-corrected chi connectivity index (χ0v) is 14.1. The van der Waals surface area contributed by atoms with Gasteiger partial charge >= 0.3 is 18.2 Å². The van der Waals surface area contributed by atoms with E-state index >= 15 is 0 Å². The standard InChI is InChI=1S/C16H21F3N2O5/c1-21(15(25)20-8-2-3-14(23)24)9-12(22)10-26-13-6-4-11(5-7-13)16(17,18)19/h4-7,12,22H,2-3,8-10H2,1H3,(H,20,25)(H,23,24). The molecule has 0 aliphatic heterocycles. The van der Waals surface area contributed by atoms with Crippen molar-refractivity contribution in [3.05, 3.63) is 29.8 Å². The molecular formula is C16H21F3N2O5. The van der Waals surface area contributed by atoms with Gasteiger partial charge in [0.05, 0.1) is 12.1 Å². The number of nitrogens with one attached hydrogen (secondary N) is 1. The molecule has 1 unspecified atom stereocenters. The topological polar surface area (TPSA) is 99.1 Å². The SMILES string of the molecule is CN(CC(O)COc1ccc(C(F)(F)F)cc1)C(=O)NCCCC(=O)O. The lowest BCUT2D eigenvalue weighted by atomic mass is 10.2. The number of hydrogen-bond donors (Lipinski definition) is 3. The first-order valence-corrected chi connectivity index (χ1v) is 7.78. The van der Waals surface area contributed by atoms with Gasteiger partial charge in [0.2, 0.25) is 0 Å². The summed E-state index contributed by atoms with van der Waals surface area (Å²) in [4.78, 5) is 23.3. The highest BCUT2D eigenvalue weighted by Crippen LogP contribution is 2.30. The average Bonchev–Trinajstić information content (AvgIpc) is 2.56. The summed E-state index contributed by atoms with van der Waals surface area (Å²) in [7, 11) is 1.44. The number of carbonyl (C=O) groups excluding carboxylic acids is 1. The number of halogens is 3. The molecule has 1 rings (SSSR count). The number of benzene rings is 1. The van der Waals surface area contributed by atoms with Crippen LogP contribution in [0.25, 0.3) is 0 Å². The minimum Gasteiger partial charge on any atom is -0.491 e. The highest BCUT2D eigenvalue weighted by molar-refractivity contribution is 5.74. The minimum absolute atomic E-state index is 0.0619. The summed E-state index contributed by atoms with van der Waals surface area (Å²) in [5.41, 5.74) is -0.801. The molecule has 7 nitrogen and oxygen atoms in total. The molecule has 10 heteroatoms. The van der Waals surface area contributed by atoms with Crippen LogP contribution in [-0.2, 0) is 11.0 Å². The van der Waals surface area contributed by atoms with E-state index in [2.05, 4.69) is 5.32 Å². The second kappa shape index (κ2) is 9.85. The molecule has 2 amide bonds. The molecule has 0 spiro atoms. The second-order valence-corrected chi connectivity index (χ2v) is 5.60. The number of likely N-dealkylation sites (N-methyl/N-ethyl adjacent to an activating group) is 1. The molecule has 0 saturated carbocycles. The van der Waals surface area contributed by atoms with E-state index in [4.69, 9.17) is 9.84 Å². The van der Waals surface area contributed by atoms with Crippen LogP contribution in [0.15, 0.2) is 24.3 Å².